The summed E-state index contributed by atoms with van der Waals surface area (Å²) < 4.78 is 0. The number of anilines is 2. The van der Waals surface area contributed by atoms with Crippen LogP contribution in [0.25, 0.3) is 0 Å². The third kappa shape index (κ3) is 6.33. The second-order valence-corrected chi connectivity index (χ2v) is 4.27. The van der Waals surface area contributed by atoms with Crippen molar-refractivity contribution in [3.05, 3.63) is 23.3 Å². The zero-order chi connectivity index (χ0) is 16.5. The van der Waals surface area contributed by atoms with Crippen LogP contribution in [0, 0.1) is 27.7 Å². The smallest absolute Gasteiger partial charge is 0.227 e. The summed E-state index contributed by atoms with van der Waals surface area (Å²) in [6.45, 7) is 7.94. The van der Waals surface area contributed by atoms with Gasteiger partial charge in [0, 0.05) is 0 Å². The van der Waals surface area contributed by atoms with Crippen molar-refractivity contribution in [3.63, 3.8) is 0 Å². The van der Waals surface area contributed by atoms with Crippen molar-refractivity contribution in [2.45, 2.75) is 27.7 Å². The van der Waals surface area contributed by atoms with E-state index < -0.39 is 0 Å². The van der Waals surface area contributed by atoms with Crippen LogP contribution in [0.4, 0.5) is 11.9 Å². The molecular weight excluding hydrogens is 284 g/mol. The average Bonchev–Trinajstić information content (AvgIpc) is 2.37. The van der Waals surface area contributed by atoms with Gasteiger partial charge in [0.25, 0.3) is 0 Å². The average molecular weight is 306 g/mol. The molecule has 10 nitrogen and oxygen atoms in total. The predicted octanol–water partition coefficient (Wildman–Crippen LogP) is -0.367. The molecule has 0 saturated carbocycles. The van der Waals surface area contributed by atoms with Gasteiger partial charge < -0.3 is 22.1 Å². The van der Waals surface area contributed by atoms with E-state index in [1.807, 2.05) is 27.7 Å². The van der Waals surface area contributed by atoms with Crippen molar-refractivity contribution in [1.29, 1.82) is 0 Å². The molecule has 120 valence electrons. The highest BCUT2D eigenvalue weighted by molar-refractivity contribution is 5.23. The summed E-state index contributed by atoms with van der Waals surface area (Å²) in [7, 11) is 0. The lowest BCUT2D eigenvalue weighted by Crippen LogP contribution is -2.14. The molecule has 2 aromatic heterocycles. The van der Waals surface area contributed by atoms with E-state index in [0.29, 0.717) is 48.5 Å². The van der Waals surface area contributed by atoms with Crippen LogP contribution >= 0.6 is 0 Å². The van der Waals surface area contributed by atoms with Crippen LogP contribution in [0.3, 0.4) is 0 Å². The summed E-state index contributed by atoms with van der Waals surface area (Å²) in [5.41, 5.74) is 10.5. The van der Waals surface area contributed by atoms with Crippen LogP contribution in [-0.2, 0) is 0 Å². The maximum atomic E-state index is 5.25. The van der Waals surface area contributed by atoms with Crippen molar-refractivity contribution in [2.24, 2.45) is 11.5 Å². The molecule has 10 heteroatoms. The number of hydrogen-bond donors (Lipinski definition) is 4. The molecule has 6 N–H and O–H groups in total. The first-order valence-electron chi connectivity index (χ1n) is 6.71. The minimum Gasteiger partial charge on any atom is -0.342 e. The molecule has 0 bridgehead atoms. The van der Waals surface area contributed by atoms with Crippen LogP contribution in [-0.4, -0.2) is 43.2 Å². The van der Waals surface area contributed by atoms with Crippen molar-refractivity contribution in [2.75, 3.05) is 24.0 Å². The van der Waals surface area contributed by atoms with E-state index in [-0.39, 0.29) is 0 Å². The molecule has 0 aliphatic rings. The SMILES string of the molecule is Cc1nc(C)nc(NCN)n1.Cc1nc(C)nc(NCN)n1. The Balaban J connectivity index is 0.000000220. The number of nitrogens with one attached hydrogen (secondary N) is 2. The summed E-state index contributed by atoms with van der Waals surface area (Å²) in [5, 5.41) is 5.61. The first-order chi connectivity index (χ1) is 10.4. The lowest BCUT2D eigenvalue weighted by molar-refractivity contribution is 0.909. The Morgan fingerprint density at radius 2 is 0.864 bits per heavy atom. The van der Waals surface area contributed by atoms with Crippen LogP contribution in [0.15, 0.2) is 0 Å². The lowest BCUT2D eigenvalue weighted by Gasteiger charge is -2.01. The van der Waals surface area contributed by atoms with Gasteiger partial charge in [-0.25, -0.2) is 9.97 Å². The molecule has 0 aliphatic carbocycles. The third-order valence-electron chi connectivity index (χ3n) is 2.24. The largest absolute Gasteiger partial charge is 0.342 e. The predicted molar refractivity (Wildman–Crippen MR) is 84.0 cm³/mol. The van der Waals surface area contributed by atoms with E-state index in [4.69, 9.17) is 11.5 Å². The van der Waals surface area contributed by atoms with Crippen LogP contribution in [0.5, 0.6) is 0 Å². The Labute approximate surface area is 129 Å². The molecule has 0 aliphatic heterocycles. The van der Waals surface area contributed by atoms with E-state index in [0.717, 1.165) is 0 Å². The Bertz CT molecular complexity index is 506. The van der Waals surface area contributed by atoms with E-state index in [1.54, 1.807) is 0 Å². The molecule has 2 heterocycles. The molecule has 0 atom stereocenters. The number of nitrogens with zero attached hydrogens (tertiary/aromatic N) is 6. The number of hydrogen-bond acceptors (Lipinski definition) is 10. The summed E-state index contributed by atoms with van der Waals surface area (Å²) in [6, 6.07) is 0. The molecule has 0 spiro atoms. The van der Waals surface area contributed by atoms with Gasteiger partial charge in [0.1, 0.15) is 23.3 Å². The fourth-order valence-electron chi connectivity index (χ4n) is 1.57. The van der Waals surface area contributed by atoms with Crippen molar-refractivity contribution >= 4 is 11.9 Å². The quantitative estimate of drug-likeness (QED) is 0.550. The summed E-state index contributed by atoms with van der Waals surface area (Å²) in [4.78, 5) is 24.1. The van der Waals surface area contributed by atoms with E-state index in [9.17, 15) is 0 Å². The van der Waals surface area contributed by atoms with E-state index in [2.05, 4.69) is 40.5 Å². The summed E-state index contributed by atoms with van der Waals surface area (Å²) >= 11 is 0. The highest BCUT2D eigenvalue weighted by Crippen LogP contribution is 1.98. The Hall–Kier alpha value is -2.46. The van der Waals surface area contributed by atoms with Gasteiger partial charge >= 0.3 is 0 Å². The number of nitrogens with two attached hydrogens (primary N) is 2. The topological polar surface area (TPSA) is 153 Å². The fourth-order valence-corrected chi connectivity index (χ4v) is 1.57. The van der Waals surface area contributed by atoms with E-state index in [1.165, 1.54) is 0 Å². The fraction of sp³-hybridized carbons (Fsp3) is 0.500. The summed E-state index contributed by atoms with van der Waals surface area (Å²) in [5.74, 6) is 3.89. The first-order valence-corrected chi connectivity index (χ1v) is 6.71. The van der Waals surface area contributed by atoms with Crippen LogP contribution in [0.1, 0.15) is 23.3 Å². The lowest BCUT2D eigenvalue weighted by atomic mass is 10.6. The third-order valence-corrected chi connectivity index (χ3v) is 2.24. The van der Waals surface area contributed by atoms with Crippen molar-refractivity contribution < 1.29 is 0 Å². The standard InChI is InChI=1S/2C6H11N5/c2*1-4-9-5(2)11-6(10-4)8-3-7/h2*3,7H2,1-2H3,(H,8,9,10,11). The molecule has 0 saturated heterocycles. The second-order valence-electron chi connectivity index (χ2n) is 4.27. The molecule has 2 aromatic rings. The Morgan fingerprint density at radius 1 is 0.591 bits per heavy atom. The van der Waals surface area contributed by atoms with Crippen molar-refractivity contribution in [3.8, 4) is 0 Å². The van der Waals surface area contributed by atoms with Gasteiger partial charge in [0.2, 0.25) is 11.9 Å². The maximum Gasteiger partial charge on any atom is 0.227 e. The summed E-state index contributed by atoms with van der Waals surface area (Å²) in [6.07, 6.45) is 0. The number of aryl methyl sites for hydroxylation is 4. The van der Waals surface area contributed by atoms with Crippen LogP contribution < -0.4 is 22.1 Å². The zero-order valence-electron chi connectivity index (χ0n) is 13.3. The minimum atomic E-state index is 0.336. The minimum absolute atomic E-state index is 0.336. The molecule has 0 aromatic carbocycles. The monoisotopic (exact) mass is 306 g/mol. The van der Waals surface area contributed by atoms with Crippen LogP contribution in [0.2, 0.25) is 0 Å². The maximum absolute atomic E-state index is 5.25. The van der Waals surface area contributed by atoms with Gasteiger partial charge in [-0.15, -0.1) is 0 Å². The van der Waals surface area contributed by atoms with Gasteiger partial charge in [-0.3, -0.25) is 0 Å². The normalized spacial score (nSPS) is 9.73. The molecule has 0 fully saturated rings. The second kappa shape index (κ2) is 8.74. The van der Waals surface area contributed by atoms with E-state index >= 15 is 0 Å². The van der Waals surface area contributed by atoms with Gasteiger partial charge in [0.15, 0.2) is 0 Å². The molecule has 22 heavy (non-hydrogen) atoms. The molecule has 0 unspecified atom stereocenters. The Morgan fingerprint density at radius 3 is 1.09 bits per heavy atom. The molecule has 0 amide bonds. The number of rotatable bonds is 4. The van der Waals surface area contributed by atoms with Gasteiger partial charge in [-0.2, -0.15) is 19.9 Å². The molecule has 2 rings (SSSR count). The first kappa shape index (κ1) is 17.6. The van der Waals surface area contributed by atoms with Gasteiger partial charge in [-0.05, 0) is 27.7 Å². The number of aromatic nitrogens is 6. The van der Waals surface area contributed by atoms with Crippen molar-refractivity contribution in [1.82, 2.24) is 29.9 Å². The van der Waals surface area contributed by atoms with Gasteiger partial charge in [0.05, 0.1) is 13.3 Å². The molecular formula is C12H22N10. The zero-order valence-corrected chi connectivity index (χ0v) is 13.3. The highest BCUT2D eigenvalue weighted by Gasteiger charge is 1.97. The van der Waals surface area contributed by atoms with Gasteiger partial charge in [-0.1, -0.05) is 0 Å². The Kier molecular flexibility index (Phi) is 6.99. The molecule has 0 radical (unpaired) electrons. The highest BCUT2D eigenvalue weighted by atomic mass is 15.2.